The monoisotopic (exact) mass is 482 g/mol. The minimum atomic E-state index is -0.424. The van der Waals surface area contributed by atoms with E-state index in [1.165, 1.54) is 23.3 Å². The first-order valence-electron chi connectivity index (χ1n) is 9.81. The first-order valence-corrected chi connectivity index (χ1v) is 10.6. The van der Waals surface area contributed by atoms with E-state index in [1.54, 1.807) is 18.3 Å². The van der Waals surface area contributed by atoms with Crippen molar-refractivity contribution in [1.82, 2.24) is 0 Å². The van der Waals surface area contributed by atoms with Crippen molar-refractivity contribution in [2.45, 2.75) is 27.4 Å². The van der Waals surface area contributed by atoms with E-state index < -0.39 is 4.92 Å². The van der Waals surface area contributed by atoms with Crippen molar-refractivity contribution in [3.8, 4) is 11.5 Å². The summed E-state index contributed by atoms with van der Waals surface area (Å²) in [7, 11) is 0. The normalized spacial score (nSPS) is 11.0. The molecule has 0 saturated heterocycles. The van der Waals surface area contributed by atoms with Gasteiger partial charge in [-0.3, -0.25) is 15.1 Å². The molecule has 0 atom stereocenters. The molecule has 0 aliphatic heterocycles. The number of halogens is 1. The van der Waals surface area contributed by atoms with Crippen molar-refractivity contribution >= 4 is 33.5 Å². The largest absolute Gasteiger partial charge is 0.490 e. The van der Waals surface area contributed by atoms with Crippen LogP contribution in [0, 0.1) is 24.0 Å². The number of benzene rings is 3. The number of aryl methyl sites for hydroxylation is 2. The van der Waals surface area contributed by atoms with Crippen molar-refractivity contribution in [1.29, 1.82) is 0 Å². The van der Waals surface area contributed by atoms with Gasteiger partial charge in [0.25, 0.3) is 5.69 Å². The topological polar surface area (TPSA) is 74.0 Å². The Balaban J connectivity index is 1.80. The Morgan fingerprint density at radius 1 is 1.03 bits per heavy atom. The molecule has 3 rings (SSSR count). The third-order valence-electron chi connectivity index (χ3n) is 4.72. The van der Waals surface area contributed by atoms with Crippen LogP contribution in [-0.4, -0.2) is 17.7 Å². The number of rotatable bonds is 8. The molecule has 0 unspecified atom stereocenters. The predicted octanol–water partition coefficient (Wildman–Crippen LogP) is 6.70. The Kier molecular flexibility index (Phi) is 7.41. The Labute approximate surface area is 189 Å². The van der Waals surface area contributed by atoms with Gasteiger partial charge in [-0.05, 0) is 95.4 Å². The van der Waals surface area contributed by atoms with Gasteiger partial charge in [-0.2, -0.15) is 0 Å². The van der Waals surface area contributed by atoms with Gasteiger partial charge in [-0.25, -0.2) is 0 Å². The molecule has 0 fully saturated rings. The average Bonchev–Trinajstić information content (AvgIpc) is 2.74. The van der Waals surface area contributed by atoms with Crippen LogP contribution in [0.2, 0.25) is 0 Å². The average molecular weight is 483 g/mol. The second-order valence-corrected chi connectivity index (χ2v) is 7.86. The molecular formula is C24H23BrN2O4. The van der Waals surface area contributed by atoms with E-state index >= 15 is 0 Å². The van der Waals surface area contributed by atoms with E-state index in [0.29, 0.717) is 18.1 Å². The summed E-state index contributed by atoms with van der Waals surface area (Å²) in [6.45, 7) is 6.79. The Morgan fingerprint density at radius 2 is 1.77 bits per heavy atom. The quantitative estimate of drug-likeness (QED) is 0.203. The second kappa shape index (κ2) is 10.2. The Bertz CT molecular complexity index is 1110. The third-order valence-corrected chi connectivity index (χ3v) is 5.30. The molecule has 3 aromatic rings. The van der Waals surface area contributed by atoms with Crippen molar-refractivity contribution < 1.29 is 14.4 Å². The molecule has 0 heterocycles. The lowest BCUT2D eigenvalue weighted by atomic mass is 10.1. The van der Waals surface area contributed by atoms with Gasteiger partial charge in [0.1, 0.15) is 6.61 Å². The summed E-state index contributed by atoms with van der Waals surface area (Å²) in [5.74, 6) is 1.17. The van der Waals surface area contributed by atoms with Gasteiger partial charge in [0.2, 0.25) is 0 Å². The van der Waals surface area contributed by atoms with Crippen molar-refractivity contribution in [2.75, 3.05) is 6.61 Å². The molecule has 0 N–H and O–H groups in total. The first-order chi connectivity index (χ1) is 14.9. The fourth-order valence-corrected chi connectivity index (χ4v) is 3.46. The van der Waals surface area contributed by atoms with E-state index in [1.807, 2.05) is 31.2 Å². The SMILES string of the molecule is CCOc1cc(C=Nc2ccc(C)c(C)c2)cc(Br)c1OCc1ccc([N+](=O)[O-])cc1. The Hall–Kier alpha value is -3.19. The number of ether oxygens (including phenoxy) is 2. The predicted molar refractivity (Wildman–Crippen MR) is 126 cm³/mol. The molecule has 0 aliphatic rings. The molecule has 6 nitrogen and oxygen atoms in total. The molecule has 0 aromatic heterocycles. The number of non-ortho nitro benzene ring substituents is 1. The van der Waals surface area contributed by atoms with Crippen LogP contribution in [0.5, 0.6) is 11.5 Å². The lowest BCUT2D eigenvalue weighted by Gasteiger charge is -2.14. The minimum absolute atomic E-state index is 0.0485. The van der Waals surface area contributed by atoms with Gasteiger partial charge < -0.3 is 9.47 Å². The molecule has 0 radical (unpaired) electrons. The lowest BCUT2D eigenvalue weighted by molar-refractivity contribution is -0.384. The summed E-state index contributed by atoms with van der Waals surface area (Å²) in [5, 5.41) is 10.8. The Morgan fingerprint density at radius 3 is 2.42 bits per heavy atom. The van der Waals surface area contributed by atoms with Crippen LogP contribution in [0.3, 0.4) is 0 Å². The van der Waals surface area contributed by atoms with Crippen LogP contribution >= 0.6 is 15.9 Å². The summed E-state index contributed by atoms with van der Waals surface area (Å²) < 4.78 is 12.5. The molecule has 0 amide bonds. The van der Waals surface area contributed by atoms with Crippen molar-refractivity contribution in [3.63, 3.8) is 0 Å². The van der Waals surface area contributed by atoms with Gasteiger partial charge in [-0.15, -0.1) is 0 Å². The maximum atomic E-state index is 10.8. The van der Waals surface area contributed by atoms with Gasteiger partial charge in [-0.1, -0.05) is 6.07 Å². The van der Waals surface area contributed by atoms with E-state index in [0.717, 1.165) is 21.3 Å². The van der Waals surface area contributed by atoms with Crippen molar-refractivity contribution in [2.24, 2.45) is 4.99 Å². The van der Waals surface area contributed by atoms with Crippen LogP contribution in [-0.2, 0) is 6.61 Å². The summed E-state index contributed by atoms with van der Waals surface area (Å²) in [4.78, 5) is 14.9. The molecule has 0 spiro atoms. The van der Waals surface area contributed by atoms with E-state index in [-0.39, 0.29) is 12.3 Å². The third kappa shape index (κ3) is 5.92. The number of nitro benzene ring substituents is 1. The van der Waals surface area contributed by atoms with E-state index in [4.69, 9.17) is 9.47 Å². The maximum absolute atomic E-state index is 10.8. The zero-order valence-corrected chi connectivity index (χ0v) is 19.2. The molecule has 0 aliphatic carbocycles. The number of hydrogen-bond donors (Lipinski definition) is 0. The lowest BCUT2D eigenvalue weighted by Crippen LogP contribution is -2.01. The van der Waals surface area contributed by atoms with Gasteiger partial charge in [0.05, 0.1) is 21.7 Å². The highest BCUT2D eigenvalue weighted by molar-refractivity contribution is 9.10. The summed E-state index contributed by atoms with van der Waals surface area (Å²) in [5.41, 5.74) is 5.05. The van der Waals surface area contributed by atoms with Gasteiger partial charge >= 0.3 is 0 Å². The van der Waals surface area contributed by atoms with Crippen LogP contribution in [0.1, 0.15) is 29.2 Å². The fourth-order valence-electron chi connectivity index (χ4n) is 2.89. The molecular weight excluding hydrogens is 460 g/mol. The smallest absolute Gasteiger partial charge is 0.269 e. The minimum Gasteiger partial charge on any atom is -0.490 e. The maximum Gasteiger partial charge on any atom is 0.269 e. The zero-order valence-electron chi connectivity index (χ0n) is 17.6. The standard InChI is InChI=1S/C24H23BrN2O4/c1-4-30-23-13-19(14-26-20-8-5-16(2)17(3)11-20)12-22(25)24(23)31-15-18-6-9-21(10-7-18)27(28)29/h5-14H,4,15H2,1-3H3. The summed E-state index contributed by atoms with van der Waals surface area (Å²) in [6.07, 6.45) is 1.79. The van der Waals surface area contributed by atoms with Crippen LogP contribution in [0.4, 0.5) is 11.4 Å². The van der Waals surface area contributed by atoms with Crippen LogP contribution < -0.4 is 9.47 Å². The van der Waals surface area contributed by atoms with Crippen LogP contribution in [0.15, 0.2) is 64.1 Å². The van der Waals surface area contributed by atoms with Gasteiger partial charge in [0.15, 0.2) is 11.5 Å². The number of aliphatic imine (C=N–C) groups is 1. The summed E-state index contributed by atoms with van der Waals surface area (Å²) >= 11 is 3.56. The fraction of sp³-hybridized carbons (Fsp3) is 0.208. The number of hydrogen-bond acceptors (Lipinski definition) is 5. The van der Waals surface area contributed by atoms with E-state index in [2.05, 4.69) is 40.8 Å². The molecule has 0 saturated carbocycles. The molecule has 31 heavy (non-hydrogen) atoms. The zero-order chi connectivity index (χ0) is 22.4. The molecule has 3 aromatic carbocycles. The molecule has 0 bridgehead atoms. The summed E-state index contributed by atoms with van der Waals surface area (Å²) in [6, 6.07) is 16.2. The van der Waals surface area contributed by atoms with Crippen LogP contribution in [0.25, 0.3) is 0 Å². The number of nitrogens with zero attached hydrogens (tertiary/aromatic N) is 2. The number of nitro groups is 1. The molecule has 160 valence electrons. The highest BCUT2D eigenvalue weighted by Gasteiger charge is 2.13. The highest BCUT2D eigenvalue weighted by atomic mass is 79.9. The second-order valence-electron chi connectivity index (χ2n) is 7.00. The molecule has 7 heteroatoms. The van der Waals surface area contributed by atoms with Crippen molar-refractivity contribution in [3.05, 3.63) is 91.4 Å². The van der Waals surface area contributed by atoms with E-state index in [9.17, 15) is 10.1 Å². The first kappa shape index (κ1) is 22.5. The van der Waals surface area contributed by atoms with Gasteiger partial charge in [0, 0.05) is 18.3 Å². The highest BCUT2D eigenvalue weighted by Crippen LogP contribution is 2.37.